The van der Waals surface area contributed by atoms with Gasteiger partial charge in [0.2, 0.25) is 0 Å². The van der Waals surface area contributed by atoms with E-state index in [0.29, 0.717) is 12.1 Å². The highest BCUT2D eigenvalue weighted by Crippen LogP contribution is 2.29. The van der Waals surface area contributed by atoms with E-state index in [1.165, 1.54) is 0 Å². The fourth-order valence-electron chi connectivity index (χ4n) is 3.41. The first-order chi connectivity index (χ1) is 12.5. The highest BCUT2D eigenvalue weighted by atomic mass is 32.1. The molecule has 5 nitrogen and oxygen atoms in total. The molecule has 1 aliphatic heterocycles. The van der Waals surface area contributed by atoms with Gasteiger partial charge in [0.05, 0.1) is 21.7 Å². The predicted molar refractivity (Wildman–Crippen MR) is 106 cm³/mol. The van der Waals surface area contributed by atoms with Crippen LogP contribution in [-0.4, -0.2) is 53.2 Å². The zero-order valence-corrected chi connectivity index (χ0v) is 16.3. The topological polar surface area (TPSA) is 65.5 Å². The van der Waals surface area contributed by atoms with Gasteiger partial charge in [-0.25, -0.2) is 4.98 Å². The normalized spacial score (nSPS) is 18.0. The summed E-state index contributed by atoms with van der Waals surface area (Å²) < 4.78 is 0. The Kier molecular flexibility index (Phi) is 6.40. The third kappa shape index (κ3) is 4.90. The molecular weight excluding hydrogens is 346 g/mol. The average molecular weight is 374 g/mol. The number of hydrogen-bond donors (Lipinski definition) is 2. The smallest absolute Gasteiger partial charge is 0.251 e. The minimum Gasteiger partial charge on any atom is -0.392 e. The number of piperidine rings is 1. The van der Waals surface area contributed by atoms with Gasteiger partial charge in [-0.15, -0.1) is 11.3 Å². The molecule has 1 aliphatic rings. The molecule has 1 aromatic heterocycles. The van der Waals surface area contributed by atoms with Crippen LogP contribution in [-0.2, 0) is 0 Å². The van der Waals surface area contributed by atoms with Crippen molar-refractivity contribution in [3.63, 3.8) is 0 Å². The molecule has 140 valence electrons. The highest BCUT2D eigenvalue weighted by molar-refractivity contribution is 7.15. The minimum atomic E-state index is -0.192. The Morgan fingerprint density at radius 2 is 2.12 bits per heavy atom. The molecule has 0 bridgehead atoms. The van der Waals surface area contributed by atoms with Crippen molar-refractivity contribution in [2.45, 2.75) is 39.2 Å². The Morgan fingerprint density at radius 3 is 2.77 bits per heavy atom. The van der Waals surface area contributed by atoms with Crippen molar-refractivity contribution in [2.24, 2.45) is 0 Å². The summed E-state index contributed by atoms with van der Waals surface area (Å²) >= 11 is 1.68. The van der Waals surface area contributed by atoms with Crippen LogP contribution in [0.5, 0.6) is 0 Å². The third-order valence-electron chi connectivity index (χ3n) is 4.73. The molecule has 1 atom stereocenters. The Hall–Kier alpha value is -1.76. The average Bonchev–Trinajstić information content (AvgIpc) is 2.97. The zero-order chi connectivity index (χ0) is 18.5. The van der Waals surface area contributed by atoms with Crippen LogP contribution in [0.25, 0.3) is 10.4 Å². The van der Waals surface area contributed by atoms with Gasteiger partial charge in [0.1, 0.15) is 0 Å². The lowest BCUT2D eigenvalue weighted by Gasteiger charge is -2.29. The van der Waals surface area contributed by atoms with Crippen LogP contribution in [0, 0.1) is 13.8 Å². The molecule has 3 rings (SSSR count). The number of β-amino-alcohol motifs (C(OH)–C–C–N with tert-alkyl or cyclic N) is 1. The number of rotatable bonds is 6. The molecular formula is C20H27N3O2S. The lowest BCUT2D eigenvalue weighted by molar-refractivity contribution is 0.0697. The molecule has 1 fully saturated rings. The quantitative estimate of drug-likeness (QED) is 0.764. The second-order valence-corrected chi connectivity index (χ2v) is 8.13. The zero-order valence-electron chi connectivity index (χ0n) is 15.5. The number of aliphatic hydroxyl groups excluding tert-OH is 1. The lowest BCUT2D eigenvalue weighted by atomic mass is 10.1. The fraction of sp³-hybridized carbons (Fsp3) is 0.500. The molecule has 0 unspecified atom stereocenters. The van der Waals surface area contributed by atoms with E-state index >= 15 is 0 Å². The van der Waals surface area contributed by atoms with Crippen LogP contribution in [0.15, 0.2) is 24.3 Å². The molecule has 2 heterocycles. The van der Waals surface area contributed by atoms with Gasteiger partial charge in [0, 0.05) is 18.7 Å². The van der Waals surface area contributed by atoms with Crippen molar-refractivity contribution in [2.75, 3.05) is 26.2 Å². The van der Waals surface area contributed by atoms with Crippen LogP contribution in [0.4, 0.5) is 0 Å². The first kappa shape index (κ1) is 19.0. The van der Waals surface area contributed by atoms with Crippen LogP contribution in [0.3, 0.4) is 0 Å². The number of nitrogens with zero attached hydrogens (tertiary/aromatic N) is 2. The van der Waals surface area contributed by atoms with E-state index in [1.54, 1.807) is 11.3 Å². The number of nitrogens with one attached hydrogen (secondary N) is 1. The molecule has 26 heavy (non-hydrogen) atoms. The Bertz CT molecular complexity index is 742. The maximum atomic E-state index is 12.3. The SMILES string of the molecule is Cc1nc(C)c(-c2ccc(C(=O)NCCCN3CCC[C@H](O)C3)cc2)s1. The third-order valence-corrected chi connectivity index (χ3v) is 5.85. The van der Waals surface area contributed by atoms with E-state index in [0.717, 1.165) is 60.0 Å². The maximum absolute atomic E-state index is 12.3. The fourth-order valence-corrected chi connectivity index (χ4v) is 4.34. The number of aryl methyl sites for hydroxylation is 2. The van der Waals surface area contributed by atoms with E-state index in [9.17, 15) is 9.90 Å². The number of likely N-dealkylation sites (tertiary alicyclic amines) is 1. The highest BCUT2D eigenvalue weighted by Gasteiger charge is 2.17. The van der Waals surface area contributed by atoms with Gasteiger partial charge in [-0.05, 0) is 63.9 Å². The van der Waals surface area contributed by atoms with Crippen LogP contribution in [0.2, 0.25) is 0 Å². The number of aromatic nitrogens is 1. The van der Waals surface area contributed by atoms with E-state index < -0.39 is 0 Å². The number of carbonyl (C=O) groups excluding carboxylic acids is 1. The summed E-state index contributed by atoms with van der Waals surface area (Å²) in [6.07, 6.45) is 2.67. The van der Waals surface area contributed by atoms with Gasteiger partial charge in [-0.3, -0.25) is 4.79 Å². The van der Waals surface area contributed by atoms with Crippen molar-refractivity contribution in [3.05, 3.63) is 40.5 Å². The largest absolute Gasteiger partial charge is 0.392 e. The standard InChI is InChI=1S/C20H27N3O2S/c1-14-19(26-15(2)22-14)16-6-8-17(9-7-16)20(25)21-10-4-12-23-11-3-5-18(24)13-23/h6-9,18,24H,3-5,10-13H2,1-2H3,(H,21,25)/t18-/m0/s1. The Balaban J connectivity index is 1.47. The number of thiazole rings is 1. The molecule has 0 radical (unpaired) electrons. The Morgan fingerprint density at radius 1 is 1.35 bits per heavy atom. The molecule has 1 aromatic carbocycles. The van der Waals surface area contributed by atoms with Gasteiger partial charge in [-0.1, -0.05) is 12.1 Å². The van der Waals surface area contributed by atoms with E-state index in [2.05, 4.69) is 15.2 Å². The number of carbonyl (C=O) groups is 1. The monoisotopic (exact) mass is 373 g/mol. The number of hydrogen-bond acceptors (Lipinski definition) is 5. The molecule has 1 saturated heterocycles. The first-order valence-electron chi connectivity index (χ1n) is 9.26. The van der Waals surface area contributed by atoms with E-state index in [-0.39, 0.29) is 12.0 Å². The summed E-state index contributed by atoms with van der Waals surface area (Å²) in [6, 6.07) is 7.73. The van der Waals surface area contributed by atoms with Crippen molar-refractivity contribution < 1.29 is 9.90 Å². The molecule has 0 aliphatic carbocycles. The molecule has 2 aromatic rings. The van der Waals surface area contributed by atoms with Gasteiger partial charge in [-0.2, -0.15) is 0 Å². The summed E-state index contributed by atoms with van der Waals surface area (Å²) in [5.74, 6) is -0.0348. The van der Waals surface area contributed by atoms with E-state index in [4.69, 9.17) is 0 Å². The van der Waals surface area contributed by atoms with Crippen LogP contribution < -0.4 is 5.32 Å². The summed E-state index contributed by atoms with van der Waals surface area (Å²) in [7, 11) is 0. The lowest BCUT2D eigenvalue weighted by Crippen LogP contribution is -2.39. The van der Waals surface area contributed by atoms with Crippen molar-refractivity contribution in [1.29, 1.82) is 0 Å². The van der Waals surface area contributed by atoms with Gasteiger partial charge >= 0.3 is 0 Å². The minimum absolute atomic E-state index is 0.0348. The maximum Gasteiger partial charge on any atom is 0.251 e. The Labute approximate surface area is 159 Å². The van der Waals surface area contributed by atoms with Crippen LogP contribution in [0.1, 0.15) is 40.3 Å². The van der Waals surface area contributed by atoms with Crippen molar-refractivity contribution >= 4 is 17.2 Å². The second kappa shape index (κ2) is 8.75. The summed E-state index contributed by atoms with van der Waals surface area (Å²) in [6.45, 7) is 7.39. The number of benzene rings is 1. The summed E-state index contributed by atoms with van der Waals surface area (Å²) in [5, 5.41) is 13.7. The molecule has 2 N–H and O–H groups in total. The molecule has 1 amide bonds. The van der Waals surface area contributed by atoms with Crippen LogP contribution >= 0.6 is 11.3 Å². The molecule has 0 saturated carbocycles. The first-order valence-corrected chi connectivity index (χ1v) is 10.1. The van der Waals surface area contributed by atoms with Crippen molar-refractivity contribution in [3.8, 4) is 10.4 Å². The molecule has 0 spiro atoms. The number of amides is 1. The summed E-state index contributed by atoms with van der Waals surface area (Å²) in [4.78, 5) is 20.2. The van der Waals surface area contributed by atoms with Gasteiger partial charge < -0.3 is 15.3 Å². The van der Waals surface area contributed by atoms with Crippen molar-refractivity contribution in [1.82, 2.24) is 15.2 Å². The van der Waals surface area contributed by atoms with Gasteiger partial charge in [0.25, 0.3) is 5.91 Å². The second-order valence-electron chi connectivity index (χ2n) is 6.93. The summed E-state index contributed by atoms with van der Waals surface area (Å²) in [5.41, 5.74) is 2.82. The van der Waals surface area contributed by atoms with Gasteiger partial charge in [0.15, 0.2) is 0 Å². The molecule has 6 heteroatoms. The number of aliphatic hydroxyl groups is 1. The van der Waals surface area contributed by atoms with E-state index in [1.807, 2.05) is 38.1 Å². The predicted octanol–water partition coefficient (Wildman–Crippen LogP) is 3.00.